The molecule has 0 radical (unpaired) electrons. The Morgan fingerprint density at radius 2 is 1.76 bits per heavy atom. The maximum absolute atomic E-state index is 14.2. The fourth-order valence-electron chi connectivity index (χ4n) is 3.02. The molecule has 1 aromatic carbocycles. The molecule has 2 heterocycles. The highest BCUT2D eigenvalue weighted by atomic mass is 35.5. The minimum absolute atomic E-state index is 0.130. The lowest BCUT2D eigenvalue weighted by Gasteiger charge is -2.30. The van der Waals surface area contributed by atoms with E-state index >= 15 is 0 Å². The topological polar surface area (TPSA) is 102 Å². The van der Waals surface area contributed by atoms with Gasteiger partial charge in [0.25, 0.3) is 22.9 Å². The number of fused-ring (bicyclic) bond motifs is 1. The normalized spacial score (nSPS) is 18.4. The number of nitrogens with zero attached hydrogens (tertiary/aromatic N) is 2. The summed E-state index contributed by atoms with van der Waals surface area (Å²) in [6.07, 6.45) is -5.43. The minimum Gasteiger partial charge on any atom is -0.326 e. The monoisotopic (exact) mass is 450 g/mol. The lowest BCUT2D eigenvalue weighted by Crippen LogP contribution is -2.62. The summed E-state index contributed by atoms with van der Waals surface area (Å²) in [5.41, 5.74) is -7.61. The molecule has 3 rings (SSSR count). The molecule has 2 amide bonds. The van der Waals surface area contributed by atoms with Crippen LogP contribution in [0.4, 0.5) is 19.0 Å². The number of anilines is 1. The van der Waals surface area contributed by atoms with E-state index in [0.29, 0.717) is 9.13 Å². The van der Waals surface area contributed by atoms with E-state index in [-0.39, 0.29) is 10.0 Å². The summed E-state index contributed by atoms with van der Waals surface area (Å²) in [6, 6.07) is 3.41. The first-order chi connectivity index (χ1) is 13.3. The highest BCUT2D eigenvalue weighted by molar-refractivity contribution is 6.36. The van der Waals surface area contributed by atoms with Crippen LogP contribution in [0, 0.1) is 0 Å². The van der Waals surface area contributed by atoms with E-state index in [4.69, 9.17) is 23.2 Å². The Hall–Kier alpha value is -2.79. The molecular weight excluding hydrogens is 440 g/mol. The first kappa shape index (κ1) is 20.9. The van der Waals surface area contributed by atoms with Crippen molar-refractivity contribution in [2.45, 2.75) is 11.7 Å². The van der Waals surface area contributed by atoms with Crippen molar-refractivity contribution in [1.82, 2.24) is 14.5 Å². The van der Waals surface area contributed by atoms with Crippen LogP contribution in [0.1, 0.15) is 15.9 Å². The number of halogens is 5. The number of hydrogen-bond donors (Lipinski definition) is 2. The molecule has 0 saturated heterocycles. The molecule has 0 unspecified atom stereocenters. The molecule has 154 valence electrons. The fourth-order valence-corrected chi connectivity index (χ4v) is 3.51. The first-order valence-electron chi connectivity index (χ1n) is 7.79. The van der Waals surface area contributed by atoms with Gasteiger partial charge in [0.15, 0.2) is 0 Å². The van der Waals surface area contributed by atoms with Gasteiger partial charge in [-0.2, -0.15) is 13.2 Å². The van der Waals surface area contributed by atoms with Crippen LogP contribution >= 0.6 is 23.2 Å². The molecule has 1 aliphatic rings. The van der Waals surface area contributed by atoms with Gasteiger partial charge in [-0.3, -0.25) is 23.5 Å². The molecule has 1 aromatic heterocycles. The maximum Gasteiger partial charge on any atom is 0.425 e. The van der Waals surface area contributed by atoms with E-state index in [0.717, 1.165) is 26.2 Å². The van der Waals surface area contributed by atoms with Gasteiger partial charge in [0.05, 0.1) is 10.6 Å². The van der Waals surface area contributed by atoms with Crippen LogP contribution in [-0.4, -0.2) is 27.1 Å². The van der Waals surface area contributed by atoms with Gasteiger partial charge in [0, 0.05) is 19.1 Å². The third-order valence-corrected chi connectivity index (χ3v) is 5.06. The average molecular weight is 451 g/mol. The number of amides is 2. The number of carbonyl (C=O) groups is 2. The van der Waals surface area contributed by atoms with E-state index in [1.54, 1.807) is 5.32 Å². The summed E-state index contributed by atoms with van der Waals surface area (Å²) in [5.74, 6) is -3.78. The molecule has 8 nitrogen and oxygen atoms in total. The molecule has 1 atom stereocenters. The first-order valence-corrected chi connectivity index (χ1v) is 8.54. The Labute approximate surface area is 169 Å². The number of nitrogens with one attached hydrogen (secondary N) is 2. The van der Waals surface area contributed by atoms with Gasteiger partial charge in [0.2, 0.25) is 0 Å². The summed E-state index contributed by atoms with van der Waals surface area (Å²) in [4.78, 5) is 49.6. The number of hydrogen-bond acceptors (Lipinski definition) is 4. The third-order valence-electron chi connectivity index (χ3n) is 4.51. The summed E-state index contributed by atoms with van der Waals surface area (Å²) in [6.45, 7) is 0. The van der Waals surface area contributed by atoms with E-state index in [1.165, 1.54) is 6.07 Å². The van der Waals surface area contributed by atoms with E-state index < -0.39 is 51.7 Å². The maximum atomic E-state index is 14.2. The minimum atomic E-state index is -5.43. The van der Waals surface area contributed by atoms with Crippen molar-refractivity contribution in [1.29, 1.82) is 0 Å². The summed E-state index contributed by atoms with van der Waals surface area (Å²) < 4.78 is 43.6. The SMILES string of the molecule is Cn1c2c(c(=O)n(C)c1=O)[C@@](NC(=O)c1ccc(Cl)cc1Cl)(C(F)(F)F)C(=O)N2. The quantitative estimate of drug-likeness (QED) is 0.723. The van der Waals surface area contributed by atoms with Crippen LogP contribution in [0.3, 0.4) is 0 Å². The van der Waals surface area contributed by atoms with Crippen molar-refractivity contribution >= 4 is 40.8 Å². The lowest BCUT2D eigenvalue weighted by molar-refractivity contribution is -0.196. The number of carbonyl (C=O) groups excluding carboxylic acids is 2. The Bertz CT molecular complexity index is 1190. The van der Waals surface area contributed by atoms with Gasteiger partial charge in [-0.1, -0.05) is 23.2 Å². The molecule has 0 spiro atoms. The second-order valence-electron chi connectivity index (χ2n) is 6.21. The van der Waals surface area contributed by atoms with E-state index in [9.17, 15) is 32.3 Å². The zero-order valence-electron chi connectivity index (χ0n) is 14.6. The van der Waals surface area contributed by atoms with Crippen LogP contribution in [0.25, 0.3) is 0 Å². The van der Waals surface area contributed by atoms with Crippen LogP contribution in [0.5, 0.6) is 0 Å². The van der Waals surface area contributed by atoms with Crippen LogP contribution in [0.15, 0.2) is 27.8 Å². The second-order valence-corrected chi connectivity index (χ2v) is 7.05. The van der Waals surface area contributed by atoms with E-state index in [2.05, 4.69) is 0 Å². The predicted octanol–water partition coefficient (Wildman–Crippen LogP) is 1.53. The highest BCUT2D eigenvalue weighted by Crippen LogP contribution is 2.45. The molecule has 0 aliphatic carbocycles. The van der Waals surface area contributed by atoms with Crippen molar-refractivity contribution in [2.24, 2.45) is 14.1 Å². The highest BCUT2D eigenvalue weighted by Gasteiger charge is 2.68. The molecule has 0 bridgehead atoms. The van der Waals surface area contributed by atoms with Gasteiger partial charge in [-0.05, 0) is 18.2 Å². The van der Waals surface area contributed by atoms with Crippen molar-refractivity contribution in [3.05, 3.63) is 60.2 Å². The molecule has 0 fully saturated rings. The molecule has 13 heteroatoms. The predicted molar refractivity (Wildman–Crippen MR) is 97.2 cm³/mol. The molecule has 0 saturated carbocycles. The molecule has 29 heavy (non-hydrogen) atoms. The zero-order chi connectivity index (χ0) is 21.9. The van der Waals surface area contributed by atoms with Crippen LogP contribution < -0.4 is 21.9 Å². The molecule has 1 aliphatic heterocycles. The number of alkyl halides is 3. The summed E-state index contributed by atoms with van der Waals surface area (Å²) >= 11 is 11.6. The molecule has 2 aromatic rings. The van der Waals surface area contributed by atoms with Gasteiger partial charge in [-0.15, -0.1) is 0 Å². The Morgan fingerprint density at radius 3 is 2.31 bits per heavy atom. The average Bonchev–Trinajstić information content (AvgIpc) is 2.91. The Morgan fingerprint density at radius 1 is 1.14 bits per heavy atom. The summed E-state index contributed by atoms with van der Waals surface area (Å²) in [5, 5.41) is 3.34. The number of rotatable bonds is 2. The van der Waals surface area contributed by atoms with Crippen molar-refractivity contribution in [2.75, 3.05) is 5.32 Å². The Kier molecular flexibility index (Phi) is 4.79. The number of aromatic nitrogens is 2. The zero-order valence-corrected chi connectivity index (χ0v) is 16.2. The lowest BCUT2D eigenvalue weighted by atomic mass is 9.91. The summed E-state index contributed by atoms with van der Waals surface area (Å²) in [7, 11) is 2.03. The Balaban J connectivity index is 2.29. The van der Waals surface area contributed by atoms with Crippen LogP contribution in [-0.2, 0) is 24.4 Å². The standard InChI is InChI=1S/C16H11Cl2F3N4O4/c1-24-10-9(12(27)25(2)14(24)29)15(13(28)22-10,16(19,20)21)23-11(26)7-4-3-6(17)5-8(7)18/h3-5H,1-2H3,(H,22,28)(H,23,26)/t15-/m0/s1. The van der Waals surface area contributed by atoms with Gasteiger partial charge in [0.1, 0.15) is 11.4 Å². The van der Waals surface area contributed by atoms with Crippen molar-refractivity contribution in [3.8, 4) is 0 Å². The van der Waals surface area contributed by atoms with Gasteiger partial charge < -0.3 is 10.6 Å². The van der Waals surface area contributed by atoms with Gasteiger partial charge in [-0.25, -0.2) is 4.79 Å². The molecule has 2 N–H and O–H groups in total. The largest absolute Gasteiger partial charge is 0.425 e. The van der Waals surface area contributed by atoms with Crippen molar-refractivity contribution in [3.63, 3.8) is 0 Å². The van der Waals surface area contributed by atoms with E-state index in [1.807, 2.05) is 5.32 Å². The fraction of sp³-hybridized carbons (Fsp3) is 0.250. The number of benzene rings is 1. The van der Waals surface area contributed by atoms with Gasteiger partial charge >= 0.3 is 11.9 Å². The van der Waals surface area contributed by atoms with Crippen molar-refractivity contribution < 1.29 is 22.8 Å². The second kappa shape index (κ2) is 6.63. The smallest absolute Gasteiger partial charge is 0.326 e. The third kappa shape index (κ3) is 2.92. The van der Waals surface area contributed by atoms with Crippen LogP contribution in [0.2, 0.25) is 10.0 Å². The molecular formula is C16H11Cl2F3N4O4.